The van der Waals surface area contributed by atoms with Crippen LogP contribution in [-0.4, -0.2) is 29.1 Å². The molecule has 0 bridgehead atoms. The van der Waals surface area contributed by atoms with Gasteiger partial charge in [-0.2, -0.15) is 5.10 Å². The van der Waals surface area contributed by atoms with Crippen LogP contribution in [0.2, 0.25) is 0 Å². The smallest absolute Gasteiger partial charge is 0.343 e. The first kappa shape index (κ1) is 25.1. The van der Waals surface area contributed by atoms with Crippen LogP contribution in [0.25, 0.3) is 10.8 Å². The lowest BCUT2D eigenvalue weighted by atomic mass is 10.0. The Balaban J connectivity index is 1.53. The largest absolute Gasteiger partial charge is 0.474 e. The van der Waals surface area contributed by atoms with Crippen molar-refractivity contribution in [1.82, 2.24) is 5.43 Å². The number of hydrogen-bond donors (Lipinski definition) is 1. The minimum absolute atomic E-state index is 0.0292. The molecule has 0 radical (unpaired) electrons. The Morgan fingerprint density at radius 1 is 0.946 bits per heavy atom. The maximum Gasteiger partial charge on any atom is 0.343 e. The third-order valence-corrected chi connectivity index (χ3v) is 5.52. The number of nitro benzene ring substituents is 1. The Kier molecular flexibility index (Phi) is 7.53. The van der Waals surface area contributed by atoms with E-state index in [0.29, 0.717) is 11.1 Å². The number of fused-ring (bicyclic) bond motifs is 1. The van der Waals surface area contributed by atoms with Gasteiger partial charge in [0.25, 0.3) is 5.91 Å². The van der Waals surface area contributed by atoms with Crippen LogP contribution in [0.3, 0.4) is 0 Å². The van der Waals surface area contributed by atoms with Crippen LogP contribution in [0.4, 0.5) is 5.69 Å². The van der Waals surface area contributed by atoms with Gasteiger partial charge in [0.05, 0.1) is 16.7 Å². The molecule has 1 N–H and O–H groups in total. The van der Waals surface area contributed by atoms with Crippen LogP contribution in [-0.2, 0) is 4.79 Å². The van der Waals surface area contributed by atoms with Crippen LogP contribution in [0, 0.1) is 17.0 Å². The molecule has 4 rings (SSSR count). The number of nitrogens with one attached hydrogen (secondary N) is 1. The molecule has 0 heterocycles. The first-order valence-corrected chi connectivity index (χ1v) is 11.4. The average Bonchev–Trinajstić information content (AvgIpc) is 2.90. The molecule has 4 aromatic rings. The Morgan fingerprint density at radius 3 is 2.41 bits per heavy atom. The molecule has 0 saturated carbocycles. The summed E-state index contributed by atoms with van der Waals surface area (Å²) in [4.78, 5) is 35.9. The molecule has 186 valence electrons. The number of esters is 1. The Bertz CT molecular complexity index is 1500. The van der Waals surface area contributed by atoms with Gasteiger partial charge in [0, 0.05) is 11.6 Å². The maximum absolute atomic E-state index is 12.7. The number of hydrazone groups is 1. The van der Waals surface area contributed by atoms with E-state index in [2.05, 4.69) is 10.5 Å². The molecule has 1 amide bonds. The Labute approximate surface area is 212 Å². The highest BCUT2D eigenvalue weighted by molar-refractivity contribution is 6.04. The zero-order valence-corrected chi connectivity index (χ0v) is 20.1. The van der Waals surface area contributed by atoms with Crippen LogP contribution in [0.5, 0.6) is 11.5 Å². The molecule has 0 aliphatic carbocycles. The first-order valence-electron chi connectivity index (χ1n) is 11.4. The van der Waals surface area contributed by atoms with Gasteiger partial charge < -0.3 is 9.47 Å². The van der Waals surface area contributed by atoms with E-state index in [0.717, 1.165) is 16.3 Å². The summed E-state index contributed by atoms with van der Waals surface area (Å²) in [6, 6.07) is 23.8. The monoisotopic (exact) mass is 497 g/mol. The van der Waals surface area contributed by atoms with Crippen molar-refractivity contribution in [3.8, 4) is 11.5 Å². The second-order valence-corrected chi connectivity index (χ2v) is 8.17. The quantitative estimate of drug-likeness (QED) is 0.118. The minimum atomic E-state index is -1.07. The number of aryl methyl sites for hydroxylation is 1. The summed E-state index contributed by atoms with van der Waals surface area (Å²) in [5.41, 5.74) is 4.04. The van der Waals surface area contributed by atoms with Crippen molar-refractivity contribution in [3.05, 3.63) is 112 Å². The third kappa shape index (κ3) is 5.96. The van der Waals surface area contributed by atoms with Gasteiger partial charge >= 0.3 is 11.7 Å². The number of nitro groups is 1. The summed E-state index contributed by atoms with van der Waals surface area (Å²) >= 11 is 0. The maximum atomic E-state index is 12.7. The predicted molar refractivity (Wildman–Crippen MR) is 139 cm³/mol. The van der Waals surface area contributed by atoms with Crippen LogP contribution in [0.1, 0.15) is 28.4 Å². The number of para-hydroxylation sites is 2. The molecule has 1 atom stereocenters. The van der Waals surface area contributed by atoms with Gasteiger partial charge in [-0.1, -0.05) is 60.2 Å². The number of carbonyl (C=O) groups excluding carboxylic acids is 2. The lowest BCUT2D eigenvalue weighted by Crippen LogP contribution is -2.33. The molecular formula is C28H23N3O6. The second-order valence-electron chi connectivity index (χ2n) is 8.17. The van der Waals surface area contributed by atoms with E-state index < -0.39 is 22.9 Å². The highest BCUT2D eigenvalue weighted by Crippen LogP contribution is 2.28. The molecule has 9 heteroatoms. The normalized spacial score (nSPS) is 11.7. The fraction of sp³-hybridized carbons (Fsp3) is 0.107. The fourth-order valence-corrected chi connectivity index (χ4v) is 3.55. The van der Waals surface area contributed by atoms with E-state index in [9.17, 15) is 19.7 Å². The molecule has 4 aromatic carbocycles. The summed E-state index contributed by atoms with van der Waals surface area (Å²) < 4.78 is 11.1. The number of benzene rings is 4. The number of hydrogen-bond acceptors (Lipinski definition) is 7. The summed E-state index contributed by atoms with van der Waals surface area (Å²) in [6.07, 6.45) is 0.319. The average molecular weight is 498 g/mol. The number of nitrogens with zero attached hydrogens (tertiary/aromatic N) is 2. The Morgan fingerprint density at radius 2 is 1.65 bits per heavy atom. The summed E-state index contributed by atoms with van der Waals surface area (Å²) in [5, 5.41) is 16.9. The van der Waals surface area contributed by atoms with Crippen molar-refractivity contribution in [3.63, 3.8) is 0 Å². The molecule has 0 aromatic heterocycles. The van der Waals surface area contributed by atoms with Gasteiger partial charge in [-0.3, -0.25) is 14.9 Å². The molecule has 0 aliphatic heterocycles. The topological polar surface area (TPSA) is 120 Å². The second kappa shape index (κ2) is 11.1. The van der Waals surface area contributed by atoms with E-state index in [1.54, 1.807) is 24.3 Å². The number of rotatable bonds is 8. The number of amides is 1. The van der Waals surface area contributed by atoms with Crippen LogP contribution < -0.4 is 14.9 Å². The zero-order valence-electron chi connectivity index (χ0n) is 20.1. The van der Waals surface area contributed by atoms with Gasteiger partial charge in [-0.25, -0.2) is 10.2 Å². The summed E-state index contributed by atoms with van der Waals surface area (Å²) in [5.74, 6) is -0.904. The van der Waals surface area contributed by atoms with Crippen LogP contribution >= 0.6 is 0 Å². The SMILES string of the molecule is Cc1ccc(C(=O)Oc2ccc3ccccc3c2C=NNC(=O)C(C)Oc2ccccc2[N+](=O)[O-])cc1. The standard InChI is InChI=1S/C28H23N3O6/c1-18-11-13-21(14-12-18)28(33)37-25-16-15-20-7-3-4-8-22(20)23(25)17-29-30-27(32)19(2)36-26-10-6-5-9-24(26)31(34)35/h3-17,19H,1-2H3,(H,30,32). The van der Waals surface area contributed by atoms with E-state index in [-0.39, 0.29) is 17.2 Å². The molecule has 37 heavy (non-hydrogen) atoms. The third-order valence-electron chi connectivity index (χ3n) is 5.52. The first-order chi connectivity index (χ1) is 17.8. The Hall–Kier alpha value is -5.05. The van der Waals surface area contributed by atoms with Crippen molar-refractivity contribution >= 4 is 34.6 Å². The van der Waals surface area contributed by atoms with Gasteiger partial charge in [-0.15, -0.1) is 0 Å². The van der Waals surface area contributed by atoms with Crippen molar-refractivity contribution < 1.29 is 24.0 Å². The molecule has 0 fully saturated rings. The molecule has 0 spiro atoms. The van der Waals surface area contributed by atoms with Crippen molar-refractivity contribution in [2.75, 3.05) is 0 Å². The highest BCUT2D eigenvalue weighted by atomic mass is 16.6. The van der Waals surface area contributed by atoms with Crippen molar-refractivity contribution in [1.29, 1.82) is 0 Å². The minimum Gasteiger partial charge on any atom is -0.474 e. The molecule has 1 unspecified atom stereocenters. The lowest BCUT2D eigenvalue weighted by Gasteiger charge is -2.13. The number of ether oxygens (including phenoxy) is 2. The zero-order chi connectivity index (χ0) is 26.4. The molecule has 0 saturated heterocycles. The van der Waals surface area contributed by atoms with Crippen molar-refractivity contribution in [2.45, 2.75) is 20.0 Å². The van der Waals surface area contributed by atoms with E-state index >= 15 is 0 Å². The highest BCUT2D eigenvalue weighted by Gasteiger charge is 2.20. The van der Waals surface area contributed by atoms with Gasteiger partial charge in [0.1, 0.15) is 5.75 Å². The fourth-order valence-electron chi connectivity index (χ4n) is 3.55. The molecular weight excluding hydrogens is 474 g/mol. The molecule has 0 aliphatic rings. The summed E-state index contributed by atoms with van der Waals surface area (Å²) in [7, 11) is 0. The van der Waals surface area contributed by atoms with Gasteiger partial charge in [0.2, 0.25) is 0 Å². The van der Waals surface area contributed by atoms with E-state index in [1.165, 1.54) is 31.3 Å². The lowest BCUT2D eigenvalue weighted by molar-refractivity contribution is -0.386. The van der Waals surface area contributed by atoms with E-state index in [4.69, 9.17) is 9.47 Å². The van der Waals surface area contributed by atoms with Gasteiger partial charge in [0.15, 0.2) is 11.9 Å². The number of carbonyl (C=O) groups is 2. The van der Waals surface area contributed by atoms with Crippen molar-refractivity contribution in [2.24, 2.45) is 5.10 Å². The molecule has 9 nitrogen and oxygen atoms in total. The summed E-state index contributed by atoms with van der Waals surface area (Å²) in [6.45, 7) is 3.38. The predicted octanol–water partition coefficient (Wildman–Crippen LogP) is 5.19. The van der Waals surface area contributed by atoms with Gasteiger partial charge in [-0.05, 0) is 48.9 Å². The van der Waals surface area contributed by atoms with E-state index in [1.807, 2.05) is 49.4 Å². The van der Waals surface area contributed by atoms with Crippen LogP contribution in [0.15, 0.2) is 90.0 Å².